The highest BCUT2D eigenvalue weighted by Crippen LogP contribution is 2.38. The summed E-state index contributed by atoms with van der Waals surface area (Å²) in [6, 6.07) is 64.2. The third kappa shape index (κ3) is 13.2. The Kier molecular flexibility index (Phi) is 17.9. The van der Waals surface area contributed by atoms with Crippen LogP contribution in [0.15, 0.2) is 182 Å². The quantitative estimate of drug-likeness (QED) is 0.0565. The normalized spacial score (nSPS) is 12.3. The first-order valence-corrected chi connectivity index (χ1v) is 24.4. The zero-order valence-electron chi connectivity index (χ0n) is 39.6. The molecule has 338 valence electrons. The van der Waals surface area contributed by atoms with Gasteiger partial charge in [-0.2, -0.15) is 0 Å². The predicted octanol–water partition coefficient (Wildman–Crippen LogP) is 18.2. The molecule has 0 spiro atoms. The summed E-state index contributed by atoms with van der Waals surface area (Å²) in [5, 5.41) is 0. The molecular weight excluding hydrogens is 805 g/mol. The summed E-state index contributed by atoms with van der Waals surface area (Å²) in [4.78, 5) is 4.58. The van der Waals surface area contributed by atoms with E-state index in [4.69, 9.17) is 9.47 Å². The fraction of sp³-hybridized carbons (Fsp3) is 0.258. The number of hydrogen-bond donors (Lipinski definition) is 0. The molecule has 0 aliphatic carbocycles. The van der Waals surface area contributed by atoms with E-state index < -0.39 is 0 Å². The first-order valence-electron chi connectivity index (χ1n) is 24.4. The Morgan fingerprint density at radius 2 is 0.682 bits per heavy atom. The Balaban J connectivity index is 1.22. The van der Waals surface area contributed by atoms with Crippen LogP contribution in [0.4, 0.5) is 34.1 Å². The van der Waals surface area contributed by atoms with Crippen LogP contribution >= 0.6 is 0 Å². The van der Waals surface area contributed by atoms with Crippen LogP contribution in [-0.4, -0.2) is 13.2 Å². The summed E-state index contributed by atoms with van der Waals surface area (Å²) in [7, 11) is 0. The molecule has 4 nitrogen and oxygen atoms in total. The molecule has 0 amide bonds. The smallest absolute Gasteiger partial charge is 0.127 e. The van der Waals surface area contributed by atoms with Gasteiger partial charge in [-0.05, 0) is 121 Å². The van der Waals surface area contributed by atoms with Crippen molar-refractivity contribution in [1.29, 1.82) is 0 Å². The maximum absolute atomic E-state index is 6.85. The molecule has 7 aromatic carbocycles. The first kappa shape index (κ1) is 47.2. The molecule has 0 aliphatic heterocycles. The van der Waals surface area contributed by atoms with E-state index in [0.717, 1.165) is 80.7 Å². The van der Waals surface area contributed by atoms with Gasteiger partial charge in [0, 0.05) is 45.3 Å². The van der Waals surface area contributed by atoms with Crippen molar-refractivity contribution in [2.24, 2.45) is 11.8 Å². The average molecular weight is 873 g/mol. The molecule has 0 bridgehead atoms. The van der Waals surface area contributed by atoms with Crippen LogP contribution < -0.4 is 19.3 Å². The highest BCUT2D eigenvalue weighted by atomic mass is 16.5. The van der Waals surface area contributed by atoms with Crippen LogP contribution in [0.1, 0.15) is 101 Å². The Morgan fingerprint density at radius 3 is 0.970 bits per heavy atom. The number of ether oxygens (including phenoxy) is 2. The molecule has 0 N–H and O–H groups in total. The lowest BCUT2D eigenvalue weighted by molar-refractivity contribution is 0.227. The zero-order chi connectivity index (χ0) is 45.8. The van der Waals surface area contributed by atoms with Gasteiger partial charge >= 0.3 is 0 Å². The number of unbranched alkanes of at least 4 members (excludes halogenated alkanes) is 2. The minimum atomic E-state index is 0.496. The van der Waals surface area contributed by atoms with E-state index in [1.165, 1.54) is 38.5 Å². The standard InChI is InChI=1S/C62H68N2O2/c1-5-9-23-49(7-3)47-65-61-45-54(40-34-52-37-43-60(44-38-52)64(57-29-19-13-20-30-57)58-31-21-14-22-32-58)62(66-48-50(8-4)24-10-6-2)46-53(61)39-33-51-35-41-59(42-36-51)63(55-25-15-11-16-26-55)56-27-17-12-18-28-56/h11-22,25-46,49-50H,5-10,23-24,47-48H2,1-4H3. The predicted molar refractivity (Wildman–Crippen MR) is 284 cm³/mol. The van der Waals surface area contributed by atoms with Crippen molar-refractivity contribution in [3.8, 4) is 11.5 Å². The van der Waals surface area contributed by atoms with Crippen LogP contribution in [0.3, 0.4) is 0 Å². The van der Waals surface area contributed by atoms with Crippen LogP contribution in [0, 0.1) is 11.8 Å². The van der Waals surface area contributed by atoms with Crippen LogP contribution in [0.25, 0.3) is 24.3 Å². The lowest BCUT2D eigenvalue weighted by atomic mass is 10.00. The number of para-hydroxylation sites is 4. The molecule has 0 aromatic heterocycles. The summed E-state index contributed by atoms with van der Waals surface area (Å²) in [6.45, 7) is 10.5. The Morgan fingerprint density at radius 1 is 0.379 bits per heavy atom. The fourth-order valence-electron chi connectivity index (χ4n) is 8.36. The highest BCUT2D eigenvalue weighted by molar-refractivity contribution is 5.82. The Hall–Kier alpha value is -6.78. The van der Waals surface area contributed by atoms with Crippen molar-refractivity contribution in [3.05, 3.63) is 204 Å². The van der Waals surface area contributed by atoms with Gasteiger partial charge < -0.3 is 19.3 Å². The van der Waals surface area contributed by atoms with Gasteiger partial charge in [0.05, 0.1) is 13.2 Å². The fourth-order valence-corrected chi connectivity index (χ4v) is 8.36. The molecule has 0 aliphatic rings. The molecule has 0 saturated carbocycles. The maximum atomic E-state index is 6.85. The van der Waals surface area contributed by atoms with E-state index in [0.29, 0.717) is 25.0 Å². The van der Waals surface area contributed by atoms with E-state index in [9.17, 15) is 0 Å². The third-order valence-corrected chi connectivity index (χ3v) is 12.4. The second-order valence-electron chi connectivity index (χ2n) is 17.2. The van der Waals surface area contributed by atoms with Gasteiger partial charge in [0.1, 0.15) is 11.5 Å². The molecule has 0 fully saturated rings. The summed E-state index contributed by atoms with van der Waals surface area (Å²) in [6.07, 6.45) is 18.1. The Bertz CT molecular complexity index is 2260. The van der Waals surface area contributed by atoms with Gasteiger partial charge in [0.25, 0.3) is 0 Å². The van der Waals surface area contributed by atoms with Gasteiger partial charge in [0.2, 0.25) is 0 Å². The van der Waals surface area contributed by atoms with Crippen LogP contribution in [0.2, 0.25) is 0 Å². The number of hydrogen-bond acceptors (Lipinski definition) is 4. The molecule has 7 rings (SSSR count). The average Bonchev–Trinajstić information content (AvgIpc) is 3.38. The summed E-state index contributed by atoms with van der Waals surface area (Å²) in [5.41, 5.74) is 10.9. The number of anilines is 6. The molecule has 4 heteroatoms. The number of rotatable bonds is 24. The van der Waals surface area contributed by atoms with Crippen molar-refractivity contribution < 1.29 is 9.47 Å². The van der Waals surface area contributed by atoms with Crippen molar-refractivity contribution in [2.45, 2.75) is 79.1 Å². The first-order chi connectivity index (χ1) is 32.6. The summed E-state index contributed by atoms with van der Waals surface area (Å²) < 4.78 is 13.7. The maximum Gasteiger partial charge on any atom is 0.127 e. The Labute approximate surface area is 395 Å². The molecule has 0 saturated heterocycles. The second kappa shape index (κ2) is 25.1. The SMILES string of the molecule is CCCCC(CC)COc1cc(C=Cc2ccc(N(c3ccccc3)c3ccccc3)cc2)c(OCC(CC)CCCC)cc1C=Cc1ccc(N(c2ccccc2)c2ccccc2)cc1. The van der Waals surface area contributed by atoms with E-state index in [-0.39, 0.29) is 0 Å². The van der Waals surface area contributed by atoms with Gasteiger partial charge in [-0.15, -0.1) is 0 Å². The van der Waals surface area contributed by atoms with E-state index >= 15 is 0 Å². The lowest BCUT2D eigenvalue weighted by Gasteiger charge is -2.25. The molecular formula is C62H68N2O2. The van der Waals surface area contributed by atoms with Gasteiger partial charge in [0.15, 0.2) is 0 Å². The summed E-state index contributed by atoms with van der Waals surface area (Å²) in [5.74, 6) is 2.74. The monoisotopic (exact) mass is 873 g/mol. The molecule has 7 aromatic rings. The van der Waals surface area contributed by atoms with Gasteiger partial charge in [-0.25, -0.2) is 0 Å². The highest BCUT2D eigenvalue weighted by Gasteiger charge is 2.17. The van der Waals surface area contributed by atoms with Crippen molar-refractivity contribution >= 4 is 58.4 Å². The molecule has 0 radical (unpaired) electrons. The van der Waals surface area contributed by atoms with Crippen molar-refractivity contribution in [3.63, 3.8) is 0 Å². The lowest BCUT2D eigenvalue weighted by Crippen LogP contribution is -2.13. The van der Waals surface area contributed by atoms with Crippen molar-refractivity contribution in [2.75, 3.05) is 23.0 Å². The molecule has 2 atom stereocenters. The minimum Gasteiger partial charge on any atom is -0.493 e. The van der Waals surface area contributed by atoms with E-state index in [1.807, 2.05) is 0 Å². The largest absolute Gasteiger partial charge is 0.493 e. The number of benzene rings is 7. The van der Waals surface area contributed by atoms with Gasteiger partial charge in [-0.1, -0.05) is 188 Å². The van der Waals surface area contributed by atoms with Crippen LogP contribution in [-0.2, 0) is 0 Å². The van der Waals surface area contributed by atoms with Crippen molar-refractivity contribution in [1.82, 2.24) is 0 Å². The molecule has 2 unspecified atom stereocenters. The third-order valence-electron chi connectivity index (χ3n) is 12.4. The molecule has 0 heterocycles. The molecule has 66 heavy (non-hydrogen) atoms. The topological polar surface area (TPSA) is 24.9 Å². The minimum absolute atomic E-state index is 0.496. The zero-order valence-corrected chi connectivity index (χ0v) is 39.6. The van der Waals surface area contributed by atoms with Gasteiger partial charge in [-0.3, -0.25) is 0 Å². The van der Waals surface area contributed by atoms with Crippen LogP contribution in [0.5, 0.6) is 11.5 Å². The van der Waals surface area contributed by atoms with E-state index in [2.05, 4.69) is 244 Å². The second-order valence-corrected chi connectivity index (χ2v) is 17.2. The number of nitrogens with zero attached hydrogens (tertiary/aromatic N) is 2. The summed E-state index contributed by atoms with van der Waals surface area (Å²) >= 11 is 0. The van der Waals surface area contributed by atoms with E-state index in [1.54, 1.807) is 0 Å².